The van der Waals surface area contributed by atoms with E-state index in [-0.39, 0.29) is 12.4 Å². The van der Waals surface area contributed by atoms with Crippen LogP contribution in [0.3, 0.4) is 0 Å². The summed E-state index contributed by atoms with van der Waals surface area (Å²) in [7, 11) is -3.30. The summed E-state index contributed by atoms with van der Waals surface area (Å²) < 4.78 is 31.8. The molecule has 25 heavy (non-hydrogen) atoms. The van der Waals surface area contributed by atoms with Crippen LogP contribution in [0.5, 0.6) is 5.75 Å². The number of hydrogen-bond acceptors (Lipinski definition) is 4. The van der Waals surface area contributed by atoms with Crippen molar-refractivity contribution in [2.45, 2.75) is 12.8 Å². The fourth-order valence-electron chi connectivity index (χ4n) is 2.87. The molecule has 0 radical (unpaired) electrons. The van der Waals surface area contributed by atoms with Gasteiger partial charge in [-0.15, -0.1) is 0 Å². The SMILES string of the molecule is CS(=O)(=O)N1CCCc2cc(C(=O)COc3ccccc3I)ccc21. The maximum Gasteiger partial charge on any atom is 0.232 e. The van der Waals surface area contributed by atoms with Gasteiger partial charge in [-0.2, -0.15) is 0 Å². The molecule has 2 aromatic rings. The zero-order valence-electron chi connectivity index (χ0n) is 13.7. The Hall–Kier alpha value is -1.61. The Bertz CT molecular complexity index is 911. The third-order valence-corrected chi connectivity index (χ3v) is 6.14. The van der Waals surface area contributed by atoms with E-state index in [1.54, 1.807) is 18.2 Å². The fourth-order valence-corrected chi connectivity index (χ4v) is 4.41. The van der Waals surface area contributed by atoms with E-state index in [1.807, 2.05) is 24.3 Å². The van der Waals surface area contributed by atoms with Gasteiger partial charge in [0.05, 0.1) is 15.5 Å². The van der Waals surface area contributed by atoms with Gasteiger partial charge in [0.25, 0.3) is 0 Å². The number of anilines is 1. The number of sulfonamides is 1. The molecular weight excluding hydrogens is 453 g/mol. The number of Topliss-reactive ketones (excluding diaryl/α,β-unsaturated/α-hetero) is 1. The van der Waals surface area contributed by atoms with Crippen LogP contribution in [0.2, 0.25) is 0 Å². The highest BCUT2D eigenvalue weighted by Gasteiger charge is 2.24. The summed E-state index contributed by atoms with van der Waals surface area (Å²) in [6, 6.07) is 12.7. The molecule has 132 valence electrons. The summed E-state index contributed by atoms with van der Waals surface area (Å²) in [5.74, 6) is 0.552. The topological polar surface area (TPSA) is 63.7 Å². The van der Waals surface area contributed by atoms with Gasteiger partial charge in [0.15, 0.2) is 12.4 Å². The first-order valence-corrected chi connectivity index (χ1v) is 10.8. The highest BCUT2D eigenvalue weighted by atomic mass is 127. The lowest BCUT2D eigenvalue weighted by molar-refractivity contribution is 0.0921. The number of nitrogens with zero attached hydrogens (tertiary/aromatic N) is 1. The standard InChI is InChI=1S/C18H18INO4S/c1-25(22,23)20-10-4-5-13-11-14(8-9-16(13)20)17(21)12-24-18-7-3-2-6-15(18)19/h2-3,6-9,11H,4-5,10,12H2,1H3. The molecule has 7 heteroatoms. The minimum atomic E-state index is -3.30. The first-order chi connectivity index (χ1) is 11.9. The molecule has 3 rings (SSSR count). The number of carbonyl (C=O) groups is 1. The van der Waals surface area contributed by atoms with Gasteiger partial charge in [-0.05, 0) is 71.3 Å². The van der Waals surface area contributed by atoms with E-state index in [0.717, 1.165) is 22.0 Å². The molecule has 2 aromatic carbocycles. The molecule has 5 nitrogen and oxygen atoms in total. The molecule has 0 saturated carbocycles. The van der Waals surface area contributed by atoms with Crippen LogP contribution in [-0.4, -0.2) is 33.6 Å². The van der Waals surface area contributed by atoms with Crippen molar-refractivity contribution >= 4 is 44.1 Å². The number of hydrogen-bond donors (Lipinski definition) is 0. The number of fused-ring (bicyclic) bond motifs is 1. The van der Waals surface area contributed by atoms with Gasteiger partial charge in [0.2, 0.25) is 10.0 Å². The molecule has 0 aliphatic carbocycles. The van der Waals surface area contributed by atoms with Crippen LogP contribution in [0.25, 0.3) is 0 Å². The van der Waals surface area contributed by atoms with Crippen molar-refractivity contribution in [3.05, 3.63) is 57.2 Å². The summed E-state index contributed by atoms with van der Waals surface area (Å²) in [4.78, 5) is 12.4. The number of halogens is 1. The van der Waals surface area contributed by atoms with Gasteiger partial charge in [-0.3, -0.25) is 9.10 Å². The number of rotatable bonds is 5. The Morgan fingerprint density at radius 3 is 2.72 bits per heavy atom. The molecule has 0 amide bonds. The summed E-state index contributed by atoms with van der Waals surface area (Å²) in [5.41, 5.74) is 2.10. The predicted molar refractivity (Wildman–Crippen MR) is 106 cm³/mol. The molecule has 0 spiro atoms. The zero-order chi connectivity index (χ0) is 18.0. The van der Waals surface area contributed by atoms with E-state index in [1.165, 1.54) is 10.6 Å². The third kappa shape index (κ3) is 4.14. The summed E-state index contributed by atoms with van der Waals surface area (Å²) in [5, 5.41) is 0. The summed E-state index contributed by atoms with van der Waals surface area (Å²) >= 11 is 2.16. The van der Waals surface area contributed by atoms with Crippen LogP contribution < -0.4 is 9.04 Å². The maximum atomic E-state index is 12.4. The van der Waals surface area contributed by atoms with E-state index in [9.17, 15) is 13.2 Å². The normalized spacial score (nSPS) is 14.1. The fraction of sp³-hybridized carbons (Fsp3) is 0.278. The second kappa shape index (κ2) is 7.33. The second-order valence-electron chi connectivity index (χ2n) is 5.92. The van der Waals surface area contributed by atoms with Crippen molar-refractivity contribution in [1.29, 1.82) is 0 Å². The van der Waals surface area contributed by atoms with E-state index in [2.05, 4.69) is 22.6 Å². The number of carbonyl (C=O) groups excluding carboxylic acids is 1. The Balaban J connectivity index is 1.78. The lowest BCUT2D eigenvalue weighted by atomic mass is 9.99. The Morgan fingerprint density at radius 1 is 1.24 bits per heavy atom. The largest absolute Gasteiger partial charge is 0.484 e. The molecule has 1 aliphatic heterocycles. The number of ketones is 1. The van der Waals surface area contributed by atoms with E-state index in [4.69, 9.17) is 4.74 Å². The van der Waals surface area contributed by atoms with Gasteiger partial charge in [0, 0.05) is 12.1 Å². The Kier molecular flexibility index (Phi) is 5.33. The Labute approximate surface area is 161 Å². The van der Waals surface area contributed by atoms with E-state index < -0.39 is 10.0 Å². The molecule has 0 aromatic heterocycles. The van der Waals surface area contributed by atoms with Crippen molar-refractivity contribution in [2.24, 2.45) is 0 Å². The first-order valence-electron chi connectivity index (χ1n) is 7.87. The Morgan fingerprint density at radius 2 is 2.00 bits per heavy atom. The average molecular weight is 471 g/mol. The molecule has 1 aliphatic rings. The lowest BCUT2D eigenvalue weighted by Crippen LogP contribution is -2.34. The van der Waals surface area contributed by atoms with Crippen molar-refractivity contribution in [1.82, 2.24) is 0 Å². The highest BCUT2D eigenvalue weighted by Crippen LogP contribution is 2.30. The van der Waals surface area contributed by atoms with E-state index in [0.29, 0.717) is 23.5 Å². The molecule has 0 saturated heterocycles. The summed E-state index contributed by atoms with van der Waals surface area (Å²) in [6.45, 7) is 0.434. The van der Waals surface area contributed by atoms with Crippen LogP contribution in [0.15, 0.2) is 42.5 Å². The van der Waals surface area contributed by atoms with Crippen molar-refractivity contribution < 1.29 is 17.9 Å². The van der Waals surface area contributed by atoms with Crippen LogP contribution in [-0.2, 0) is 16.4 Å². The highest BCUT2D eigenvalue weighted by molar-refractivity contribution is 14.1. The van der Waals surface area contributed by atoms with Crippen LogP contribution in [0.1, 0.15) is 22.3 Å². The minimum Gasteiger partial charge on any atom is -0.484 e. The number of aryl methyl sites for hydroxylation is 1. The molecule has 0 atom stereocenters. The van der Waals surface area contributed by atoms with Gasteiger partial charge in [0.1, 0.15) is 5.75 Å². The van der Waals surface area contributed by atoms with Crippen molar-refractivity contribution in [3.8, 4) is 5.75 Å². The van der Waals surface area contributed by atoms with Gasteiger partial charge in [-0.1, -0.05) is 12.1 Å². The van der Waals surface area contributed by atoms with Crippen LogP contribution >= 0.6 is 22.6 Å². The predicted octanol–water partition coefficient (Wildman–Crippen LogP) is 3.27. The minimum absolute atomic E-state index is 0.0470. The van der Waals surface area contributed by atoms with E-state index >= 15 is 0 Å². The lowest BCUT2D eigenvalue weighted by Gasteiger charge is -2.29. The maximum absolute atomic E-state index is 12.4. The number of ether oxygens (including phenoxy) is 1. The molecule has 0 fully saturated rings. The van der Waals surface area contributed by atoms with Gasteiger partial charge >= 0.3 is 0 Å². The first kappa shape index (κ1) is 18.2. The van der Waals surface area contributed by atoms with Crippen molar-refractivity contribution in [2.75, 3.05) is 23.7 Å². The quantitative estimate of drug-likeness (QED) is 0.496. The van der Waals surface area contributed by atoms with Crippen LogP contribution in [0.4, 0.5) is 5.69 Å². The van der Waals surface area contributed by atoms with Crippen molar-refractivity contribution in [3.63, 3.8) is 0 Å². The molecule has 0 unspecified atom stereocenters. The monoisotopic (exact) mass is 471 g/mol. The third-order valence-electron chi connectivity index (χ3n) is 4.07. The smallest absolute Gasteiger partial charge is 0.232 e. The zero-order valence-corrected chi connectivity index (χ0v) is 16.7. The second-order valence-corrected chi connectivity index (χ2v) is 8.99. The number of para-hydroxylation sites is 1. The van der Waals surface area contributed by atoms with Gasteiger partial charge < -0.3 is 4.74 Å². The van der Waals surface area contributed by atoms with Gasteiger partial charge in [-0.25, -0.2) is 8.42 Å². The average Bonchev–Trinajstić information content (AvgIpc) is 2.59. The molecule has 0 bridgehead atoms. The van der Waals surface area contributed by atoms with Crippen LogP contribution in [0, 0.1) is 3.57 Å². The molecule has 0 N–H and O–H groups in total. The summed E-state index contributed by atoms with van der Waals surface area (Å²) in [6.07, 6.45) is 2.72. The molecule has 1 heterocycles. The molecular formula is C18H18INO4S. The number of benzene rings is 2.